The van der Waals surface area contributed by atoms with Gasteiger partial charge in [0.15, 0.2) is 0 Å². The molecule has 1 aromatic rings. The van der Waals surface area contributed by atoms with Gasteiger partial charge in [-0.2, -0.15) is 8.78 Å². The van der Waals surface area contributed by atoms with Crippen LogP contribution in [-0.2, 0) is 0 Å². The predicted molar refractivity (Wildman–Crippen MR) is 75.7 cm³/mol. The van der Waals surface area contributed by atoms with E-state index in [9.17, 15) is 13.6 Å². The minimum Gasteiger partial charge on any atom is -0.435 e. The fraction of sp³-hybridized carbons (Fsp3) is 0.533. The fourth-order valence-corrected chi connectivity index (χ4v) is 2.42. The summed E-state index contributed by atoms with van der Waals surface area (Å²) in [5.41, 5.74) is 0.438. The van der Waals surface area contributed by atoms with Crippen molar-refractivity contribution in [2.24, 2.45) is 0 Å². The number of benzene rings is 1. The molecule has 1 atom stereocenters. The Morgan fingerprint density at radius 1 is 1.33 bits per heavy atom. The normalized spacial score (nSPS) is 18.5. The van der Waals surface area contributed by atoms with E-state index in [1.165, 1.54) is 37.1 Å². The zero-order chi connectivity index (χ0) is 15.1. The highest BCUT2D eigenvalue weighted by atomic mass is 19.3. The van der Waals surface area contributed by atoms with Crippen molar-refractivity contribution in [3.05, 3.63) is 29.8 Å². The van der Waals surface area contributed by atoms with Gasteiger partial charge in [0.25, 0.3) is 5.91 Å². The number of carbonyl (C=O) groups is 1. The van der Waals surface area contributed by atoms with Crippen molar-refractivity contribution in [1.29, 1.82) is 0 Å². The first-order valence-electron chi connectivity index (χ1n) is 7.21. The van der Waals surface area contributed by atoms with Crippen molar-refractivity contribution in [2.75, 3.05) is 13.1 Å². The number of ether oxygens (including phenoxy) is 1. The number of rotatable bonds is 6. The molecule has 1 unspecified atom stereocenters. The molecule has 1 saturated heterocycles. The summed E-state index contributed by atoms with van der Waals surface area (Å²) in [6.07, 6.45) is 4.50. The van der Waals surface area contributed by atoms with Gasteiger partial charge in [-0.1, -0.05) is 6.42 Å². The number of nitrogens with one attached hydrogen (secondary N) is 2. The molecular formula is C15H20F2N2O2. The van der Waals surface area contributed by atoms with Crippen LogP contribution in [0.4, 0.5) is 8.78 Å². The third-order valence-corrected chi connectivity index (χ3v) is 3.53. The number of alkyl halides is 2. The molecule has 0 spiro atoms. The van der Waals surface area contributed by atoms with Crippen molar-refractivity contribution in [3.63, 3.8) is 0 Å². The molecule has 1 aliphatic rings. The van der Waals surface area contributed by atoms with Crippen LogP contribution in [-0.4, -0.2) is 31.7 Å². The molecule has 1 heterocycles. The standard InChI is InChI=1S/C15H20F2N2O2/c16-15(17)21-13-6-4-11(5-7-13)14(20)19-10-8-12-3-1-2-9-18-12/h4-7,12,15,18H,1-3,8-10H2,(H,19,20). The molecule has 1 amide bonds. The van der Waals surface area contributed by atoms with E-state index in [2.05, 4.69) is 15.4 Å². The van der Waals surface area contributed by atoms with Crippen LogP contribution in [0.3, 0.4) is 0 Å². The lowest BCUT2D eigenvalue weighted by Gasteiger charge is -2.23. The summed E-state index contributed by atoms with van der Waals surface area (Å²) < 4.78 is 28.3. The molecule has 0 aromatic heterocycles. The molecule has 2 rings (SSSR count). The van der Waals surface area contributed by atoms with E-state index >= 15 is 0 Å². The van der Waals surface area contributed by atoms with Crippen LogP contribution < -0.4 is 15.4 Å². The Hall–Kier alpha value is -1.69. The van der Waals surface area contributed by atoms with Gasteiger partial charge < -0.3 is 15.4 Å². The number of amides is 1. The Labute approximate surface area is 122 Å². The van der Waals surface area contributed by atoms with Gasteiger partial charge in [-0.25, -0.2) is 0 Å². The second-order valence-corrected chi connectivity index (χ2v) is 5.09. The smallest absolute Gasteiger partial charge is 0.387 e. The maximum Gasteiger partial charge on any atom is 0.387 e. The van der Waals surface area contributed by atoms with Crippen molar-refractivity contribution >= 4 is 5.91 Å². The number of hydrogen-bond acceptors (Lipinski definition) is 3. The van der Waals surface area contributed by atoms with E-state index in [0.29, 0.717) is 18.2 Å². The zero-order valence-corrected chi connectivity index (χ0v) is 11.8. The average Bonchev–Trinajstić information content (AvgIpc) is 2.48. The Morgan fingerprint density at radius 2 is 2.10 bits per heavy atom. The fourth-order valence-electron chi connectivity index (χ4n) is 2.42. The molecule has 1 fully saturated rings. The highest BCUT2D eigenvalue weighted by Crippen LogP contribution is 2.15. The van der Waals surface area contributed by atoms with Crippen LogP contribution in [0.2, 0.25) is 0 Å². The summed E-state index contributed by atoms with van der Waals surface area (Å²) in [6.45, 7) is -1.21. The Morgan fingerprint density at radius 3 is 2.71 bits per heavy atom. The van der Waals surface area contributed by atoms with Gasteiger partial charge >= 0.3 is 6.61 Å². The van der Waals surface area contributed by atoms with Crippen LogP contribution in [0.5, 0.6) is 5.75 Å². The molecule has 0 radical (unpaired) electrons. The number of carbonyl (C=O) groups excluding carboxylic acids is 1. The van der Waals surface area contributed by atoms with Gasteiger partial charge in [-0.3, -0.25) is 4.79 Å². The van der Waals surface area contributed by atoms with E-state index in [1.807, 2.05) is 0 Å². The molecule has 2 N–H and O–H groups in total. The summed E-state index contributed by atoms with van der Waals surface area (Å²) in [5, 5.41) is 6.26. The maximum atomic E-state index is 12.0. The SMILES string of the molecule is O=C(NCCC1CCCCN1)c1ccc(OC(F)F)cc1. The van der Waals surface area contributed by atoms with Crippen LogP contribution in [0.15, 0.2) is 24.3 Å². The highest BCUT2D eigenvalue weighted by Gasteiger charge is 2.13. The monoisotopic (exact) mass is 298 g/mol. The highest BCUT2D eigenvalue weighted by molar-refractivity contribution is 5.94. The predicted octanol–water partition coefficient (Wildman–Crippen LogP) is 2.55. The van der Waals surface area contributed by atoms with E-state index in [4.69, 9.17) is 0 Å². The van der Waals surface area contributed by atoms with E-state index in [-0.39, 0.29) is 11.7 Å². The van der Waals surface area contributed by atoms with E-state index < -0.39 is 6.61 Å². The molecule has 1 aromatic carbocycles. The van der Waals surface area contributed by atoms with Crippen molar-refractivity contribution in [3.8, 4) is 5.75 Å². The minimum atomic E-state index is -2.85. The maximum absolute atomic E-state index is 12.0. The molecule has 21 heavy (non-hydrogen) atoms. The Bertz CT molecular complexity index is 445. The summed E-state index contributed by atoms with van der Waals surface area (Å²) in [7, 11) is 0. The molecule has 4 nitrogen and oxygen atoms in total. The van der Waals surface area contributed by atoms with Crippen molar-refractivity contribution in [2.45, 2.75) is 38.3 Å². The van der Waals surface area contributed by atoms with Crippen LogP contribution in [0.1, 0.15) is 36.0 Å². The molecular weight excluding hydrogens is 278 g/mol. The second kappa shape index (κ2) is 7.93. The molecule has 0 aliphatic carbocycles. The van der Waals surface area contributed by atoms with Crippen LogP contribution in [0, 0.1) is 0 Å². The summed E-state index contributed by atoms with van der Waals surface area (Å²) in [6, 6.07) is 6.16. The number of halogens is 2. The van der Waals surface area contributed by atoms with Crippen LogP contribution in [0.25, 0.3) is 0 Å². The lowest BCUT2D eigenvalue weighted by molar-refractivity contribution is -0.0498. The molecule has 1 aliphatic heterocycles. The third kappa shape index (κ3) is 5.30. The van der Waals surface area contributed by atoms with Crippen molar-refractivity contribution < 1.29 is 18.3 Å². The topological polar surface area (TPSA) is 50.4 Å². The molecule has 0 saturated carbocycles. The van der Waals surface area contributed by atoms with Gasteiger partial charge in [-0.15, -0.1) is 0 Å². The lowest BCUT2D eigenvalue weighted by atomic mass is 10.0. The quantitative estimate of drug-likeness (QED) is 0.848. The Balaban J connectivity index is 1.74. The molecule has 116 valence electrons. The summed E-state index contributed by atoms with van der Waals surface area (Å²) in [4.78, 5) is 11.9. The van der Waals surface area contributed by atoms with Gasteiger partial charge in [0.05, 0.1) is 0 Å². The van der Waals surface area contributed by atoms with Crippen LogP contribution >= 0.6 is 0 Å². The first-order valence-corrected chi connectivity index (χ1v) is 7.21. The summed E-state index contributed by atoms with van der Waals surface area (Å²) in [5.74, 6) is -0.151. The van der Waals surface area contributed by atoms with Gasteiger partial charge in [0, 0.05) is 18.2 Å². The second-order valence-electron chi connectivity index (χ2n) is 5.09. The van der Waals surface area contributed by atoms with Gasteiger partial charge in [-0.05, 0) is 50.1 Å². The number of piperidine rings is 1. The third-order valence-electron chi connectivity index (χ3n) is 3.53. The van der Waals surface area contributed by atoms with Crippen molar-refractivity contribution in [1.82, 2.24) is 10.6 Å². The first kappa shape index (κ1) is 15.7. The summed E-state index contributed by atoms with van der Waals surface area (Å²) >= 11 is 0. The zero-order valence-electron chi connectivity index (χ0n) is 11.8. The first-order chi connectivity index (χ1) is 10.1. The number of hydrogen-bond donors (Lipinski definition) is 2. The van der Waals surface area contributed by atoms with Gasteiger partial charge in [0.1, 0.15) is 5.75 Å². The largest absolute Gasteiger partial charge is 0.435 e. The lowest BCUT2D eigenvalue weighted by Crippen LogP contribution is -2.37. The molecule has 0 bridgehead atoms. The Kier molecular flexibility index (Phi) is 5.92. The van der Waals surface area contributed by atoms with E-state index in [0.717, 1.165) is 19.4 Å². The van der Waals surface area contributed by atoms with Gasteiger partial charge in [0.2, 0.25) is 0 Å². The molecule has 6 heteroatoms. The average molecular weight is 298 g/mol. The van der Waals surface area contributed by atoms with E-state index in [1.54, 1.807) is 0 Å². The minimum absolute atomic E-state index is 0.0490.